The van der Waals surface area contributed by atoms with E-state index in [-0.39, 0.29) is 0 Å². The van der Waals surface area contributed by atoms with Crippen molar-refractivity contribution in [2.24, 2.45) is 5.41 Å². The maximum Gasteiger partial charge on any atom is 0.334 e. The molecule has 6 heteroatoms. The van der Waals surface area contributed by atoms with Crippen LogP contribution >= 0.6 is 0 Å². The van der Waals surface area contributed by atoms with Gasteiger partial charge in [0.15, 0.2) is 0 Å². The molecule has 0 radical (unpaired) electrons. The van der Waals surface area contributed by atoms with Gasteiger partial charge in [-0.05, 0) is 154 Å². The van der Waals surface area contributed by atoms with Gasteiger partial charge in [0.1, 0.15) is 0 Å². The Morgan fingerprint density at radius 3 is 0.947 bits per heavy atom. The molecule has 0 heterocycles. The average Bonchev–Trinajstić information content (AvgIpc) is 2.89. The highest BCUT2D eigenvalue weighted by Gasteiger charge is 2.41. The van der Waals surface area contributed by atoms with Gasteiger partial charge in [0.2, 0.25) is 0 Å². The maximum absolute atomic E-state index is 6.14. The molecule has 0 atom stereocenters. The van der Waals surface area contributed by atoms with E-state index in [1.165, 1.54) is 136 Å². The number of nitrogens with zero attached hydrogens (tertiary/aromatic N) is 3. The fraction of sp³-hybridized carbons (Fsp3) is 1.00. The molecule has 0 aliphatic rings. The summed E-state index contributed by atoms with van der Waals surface area (Å²) < 4.78 is 12.3. The lowest BCUT2D eigenvalue weighted by Gasteiger charge is -2.41. The summed E-state index contributed by atoms with van der Waals surface area (Å²) in [6.45, 7) is 27.3. The van der Waals surface area contributed by atoms with Gasteiger partial charge in [-0.2, -0.15) is 0 Å². The van der Waals surface area contributed by atoms with Crippen molar-refractivity contribution in [3.8, 4) is 0 Å². The van der Waals surface area contributed by atoms with Crippen molar-refractivity contribution in [1.29, 1.82) is 0 Å². The zero-order valence-electron chi connectivity index (χ0n) is 27.7. The Hall–Kier alpha value is 0.0169. The lowest BCUT2D eigenvalue weighted by molar-refractivity contribution is 0.151. The van der Waals surface area contributed by atoms with E-state index < -0.39 is 8.56 Å². The standard InChI is InChI=1S/C32H71N3O2Si/c1-10-22-33(23-11-2)28-16-19-32(31-38(9,36-7)37-8,20-17-29-34(24-12-3)25-13-4)21-18-30-35(26-14-5)27-15-6/h10-31H2,1-9H3. The summed E-state index contributed by atoms with van der Waals surface area (Å²) in [5, 5.41) is 0. The molecule has 0 rings (SSSR count). The second-order valence-corrected chi connectivity index (χ2v) is 15.5. The van der Waals surface area contributed by atoms with Crippen LogP contribution in [0.3, 0.4) is 0 Å². The van der Waals surface area contributed by atoms with Crippen LogP contribution in [0.4, 0.5) is 0 Å². The van der Waals surface area contributed by atoms with Gasteiger partial charge in [-0.3, -0.25) is 0 Å². The fourth-order valence-corrected chi connectivity index (χ4v) is 8.83. The second-order valence-electron chi connectivity index (χ2n) is 12.1. The van der Waals surface area contributed by atoms with Crippen LogP contribution in [0.15, 0.2) is 0 Å². The molecule has 0 saturated carbocycles. The number of rotatable bonds is 28. The summed E-state index contributed by atoms with van der Waals surface area (Å²) >= 11 is 0. The summed E-state index contributed by atoms with van der Waals surface area (Å²) in [4.78, 5) is 8.09. The minimum Gasteiger partial charge on any atom is -0.398 e. The molecule has 0 bridgehead atoms. The van der Waals surface area contributed by atoms with Gasteiger partial charge < -0.3 is 23.6 Å². The first-order chi connectivity index (χ1) is 18.3. The second kappa shape index (κ2) is 23.7. The average molecular weight is 558 g/mol. The zero-order valence-corrected chi connectivity index (χ0v) is 28.7. The van der Waals surface area contributed by atoms with Crippen molar-refractivity contribution in [2.75, 3.05) is 73.1 Å². The van der Waals surface area contributed by atoms with Crippen LogP contribution in [0, 0.1) is 5.41 Å². The van der Waals surface area contributed by atoms with E-state index in [9.17, 15) is 0 Å². The lowest BCUT2D eigenvalue weighted by atomic mass is 9.76. The molecule has 5 nitrogen and oxygen atoms in total. The molecule has 0 aliphatic carbocycles. The van der Waals surface area contributed by atoms with Gasteiger partial charge in [-0.1, -0.05) is 41.5 Å². The number of hydrogen-bond acceptors (Lipinski definition) is 5. The molecule has 230 valence electrons. The third-order valence-electron chi connectivity index (χ3n) is 8.34. The lowest BCUT2D eigenvalue weighted by Crippen LogP contribution is -2.43. The monoisotopic (exact) mass is 558 g/mol. The predicted octanol–water partition coefficient (Wildman–Crippen LogP) is 8.04. The summed E-state index contributed by atoms with van der Waals surface area (Å²) in [5.74, 6) is 0. The van der Waals surface area contributed by atoms with Crippen molar-refractivity contribution in [3.63, 3.8) is 0 Å². The Kier molecular flexibility index (Phi) is 23.7. The molecule has 0 saturated heterocycles. The summed E-state index contributed by atoms with van der Waals surface area (Å²) in [7, 11) is 1.58. The van der Waals surface area contributed by atoms with Crippen molar-refractivity contribution in [1.82, 2.24) is 14.7 Å². The van der Waals surface area contributed by atoms with E-state index in [0.29, 0.717) is 5.41 Å². The van der Waals surface area contributed by atoms with Crippen molar-refractivity contribution >= 4 is 8.56 Å². The van der Waals surface area contributed by atoms with Crippen molar-refractivity contribution in [2.45, 2.75) is 131 Å². The van der Waals surface area contributed by atoms with E-state index in [2.05, 4.69) is 62.8 Å². The minimum atomic E-state index is -2.20. The Labute approximate surface area is 241 Å². The van der Waals surface area contributed by atoms with Crippen LogP contribution in [0.25, 0.3) is 0 Å². The fourth-order valence-electron chi connectivity index (χ4n) is 6.49. The van der Waals surface area contributed by atoms with E-state index in [1.807, 2.05) is 14.2 Å². The van der Waals surface area contributed by atoms with Crippen LogP contribution in [-0.2, 0) is 8.85 Å². The third-order valence-corrected chi connectivity index (χ3v) is 11.5. The maximum atomic E-state index is 6.14. The topological polar surface area (TPSA) is 28.2 Å². The predicted molar refractivity (Wildman–Crippen MR) is 172 cm³/mol. The van der Waals surface area contributed by atoms with Gasteiger partial charge in [0, 0.05) is 14.2 Å². The van der Waals surface area contributed by atoms with Gasteiger partial charge >= 0.3 is 8.56 Å². The van der Waals surface area contributed by atoms with Gasteiger partial charge in [0.25, 0.3) is 0 Å². The highest BCUT2D eigenvalue weighted by molar-refractivity contribution is 6.66. The Morgan fingerprint density at radius 1 is 0.474 bits per heavy atom. The van der Waals surface area contributed by atoms with Crippen LogP contribution < -0.4 is 0 Å². The number of hydrogen-bond donors (Lipinski definition) is 0. The summed E-state index contributed by atoms with van der Waals surface area (Å²) in [6.07, 6.45) is 15.3. The first kappa shape index (κ1) is 38.0. The van der Waals surface area contributed by atoms with E-state index in [0.717, 1.165) is 6.04 Å². The molecule has 0 aliphatic heterocycles. The summed E-state index contributed by atoms with van der Waals surface area (Å²) in [6, 6.07) is 1.12. The van der Waals surface area contributed by atoms with Crippen LogP contribution in [0.1, 0.15) is 119 Å². The van der Waals surface area contributed by atoms with E-state index in [1.54, 1.807) is 0 Å². The molecule has 0 aromatic heterocycles. The molecule has 0 N–H and O–H groups in total. The van der Waals surface area contributed by atoms with E-state index in [4.69, 9.17) is 8.85 Å². The molecule has 38 heavy (non-hydrogen) atoms. The summed E-state index contributed by atoms with van der Waals surface area (Å²) in [5.41, 5.74) is 0.311. The van der Waals surface area contributed by atoms with Crippen LogP contribution in [0.5, 0.6) is 0 Å². The van der Waals surface area contributed by atoms with Gasteiger partial charge in [-0.15, -0.1) is 0 Å². The molecule has 0 aromatic carbocycles. The molecule has 0 amide bonds. The van der Waals surface area contributed by atoms with Crippen molar-refractivity contribution < 1.29 is 8.85 Å². The van der Waals surface area contributed by atoms with Gasteiger partial charge in [-0.25, -0.2) is 0 Å². The van der Waals surface area contributed by atoms with Gasteiger partial charge in [0.05, 0.1) is 0 Å². The van der Waals surface area contributed by atoms with E-state index >= 15 is 0 Å². The molecular formula is C32H71N3O2Si. The highest BCUT2D eigenvalue weighted by Crippen LogP contribution is 2.43. The highest BCUT2D eigenvalue weighted by atomic mass is 28.4. The molecule has 0 fully saturated rings. The van der Waals surface area contributed by atoms with Crippen LogP contribution in [0.2, 0.25) is 12.6 Å². The third kappa shape index (κ3) is 17.0. The van der Waals surface area contributed by atoms with Crippen LogP contribution in [-0.4, -0.2) is 96.4 Å². The zero-order chi connectivity index (χ0) is 28.7. The molecular weight excluding hydrogens is 486 g/mol. The molecule has 0 spiro atoms. The smallest absolute Gasteiger partial charge is 0.334 e. The molecule has 0 unspecified atom stereocenters. The van der Waals surface area contributed by atoms with Crippen molar-refractivity contribution in [3.05, 3.63) is 0 Å². The first-order valence-corrected chi connectivity index (χ1v) is 19.1. The quantitative estimate of drug-likeness (QED) is 0.0908. The normalized spacial score (nSPS) is 12.9. The molecule has 0 aromatic rings. The SMILES string of the molecule is CCCN(CCC)CCCC(CCCN(CCC)CCC)(CCCN(CCC)CCC)C[Si](C)(OC)OC. The minimum absolute atomic E-state index is 0.311. The largest absolute Gasteiger partial charge is 0.398 e. The Morgan fingerprint density at radius 2 is 0.737 bits per heavy atom. The Bertz CT molecular complexity index is 446. The first-order valence-electron chi connectivity index (χ1n) is 16.6. The Balaban J connectivity index is 5.78.